The number of aromatic nitrogens is 3. The van der Waals surface area contributed by atoms with E-state index in [1.165, 1.54) is 11.3 Å². The third kappa shape index (κ3) is 2.99. The average Bonchev–Trinajstić information content (AvgIpc) is 2.97. The van der Waals surface area contributed by atoms with Crippen LogP contribution in [0.2, 0.25) is 0 Å². The summed E-state index contributed by atoms with van der Waals surface area (Å²) in [6, 6.07) is -0.729. The van der Waals surface area contributed by atoms with E-state index in [-0.39, 0.29) is 5.91 Å². The van der Waals surface area contributed by atoms with Gasteiger partial charge in [-0.05, 0) is 13.8 Å². The van der Waals surface area contributed by atoms with Crippen LogP contribution in [-0.4, -0.2) is 20.7 Å². The van der Waals surface area contributed by atoms with E-state index in [2.05, 4.69) is 15.4 Å². The van der Waals surface area contributed by atoms with Crippen molar-refractivity contribution in [3.8, 4) is 0 Å². The molecule has 1 amide bonds. The van der Waals surface area contributed by atoms with Crippen LogP contribution < -0.4 is 11.1 Å². The summed E-state index contributed by atoms with van der Waals surface area (Å²) in [5.74, 6) is -0.242. The average molecular weight is 279 g/mol. The normalized spacial score (nSPS) is 13.3. The molecule has 0 spiro atoms. The Balaban J connectivity index is 2.09. The molecule has 0 aliphatic heterocycles. The Labute approximate surface area is 115 Å². The first-order chi connectivity index (χ1) is 8.90. The predicted octanol–water partition coefficient (Wildman–Crippen LogP) is 0.928. The highest BCUT2D eigenvalue weighted by Crippen LogP contribution is 2.23. The molecule has 0 saturated heterocycles. The van der Waals surface area contributed by atoms with Crippen molar-refractivity contribution in [3.05, 3.63) is 34.5 Å². The minimum Gasteiger partial charge on any atom is -0.343 e. The zero-order valence-electron chi connectivity index (χ0n) is 11.1. The van der Waals surface area contributed by atoms with Crippen molar-refractivity contribution in [1.29, 1.82) is 0 Å². The molecule has 0 radical (unpaired) electrons. The largest absolute Gasteiger partial charge is 0.343 e. The van der Waals surface area contributed by atoms with E-state index in [1.807, 2.05) is 19.2 Å². The number of rotatable bonds is 4. The number of thiazole rings is 1. The quantitative estimate of drug-likeness (QED) is 0.871. The number of aryl methyl sites for hydroxylation is 1. The summed E-state index contributed by atoms with van der Waals surface area (Å²) in [6.07, 6.45) is 5.05. The van der Waals surface area contributed by atoms with Crippen molar-refractivity contribution in [2.45, 2.75) is 25.4 Å². The van der Waals surface area contributed by atoms with Crippen molar-refractivity contribution in [1.82, 2.24) is 20.1 Å². The second kappa shape index (κ2) is 5.10. The fraction of sp³-hybridized carbons (Fsp3) is 0.417. The number of hydrogen-bond donors (Lipinski definition) is 2. The molecule has 1 unspecified atom stereocenters. The topological polar surface area (TPSA) is 85.8 Å². The van der Waals surface area contributed by atoms with Gasteiger partial charge in [-0.25, -0.2) is 4.98 Å². The van der Waals surface area contributed by atoms with Crippen LogP contribution in [0.3, 0.4) is 0 Å². The van der Waals surface area contributed by atoms with E-state index in [1.54, 1.807) is 30.3 Å². The Morgan fingerprint density at radius 1 is 1.58 bits per heavy atom. The van der Waals surface area contributed by atoms with Crippen molar-refractivity contribution in [3.63, 3.8) is 0 Å². The third-order valence-electron chi connectivity index (χ3n) is 2.77. The molecule has 6 nitrogen and oxygen atoms in total. The summed E-state index contributed by atoms with van der Waals surface area (Å²) in [4.78, 5) is 16.4. The van der Waals surface area contributed by atoms with E-state index in [9.17, 15) is 4.79 Å². The van der Waals surface area contributed by atoms with Crippen molar-refractivity contribution in [2.24, 2.45) is 12.8 Å². The monoisotopic (exact) mass is 279 g/mol. The molecule has 0 aliphatic carbocycles. The molecular weight excluding hydrogens is 262 g/mol. The number of nitrogens with zero attached hydrogens (tertiary/aromatic N) is 3. The number of nitrogens with one attached hydrogen (secondary N) is 1. The summed E-state index contributed by atoms with van der Waals surface area (Å²) in [6.45, 7) is 3.80. The maximum atomic E-state index is 12.2. The highest BCUT2D eigenvalue weighted by Gasteiger charge is 2.28. The number of carbonyl (C=O) groups is 1. The van der Waals surface area contributed by atoms with Crippen molar-refractivity contribution >= 4 is 17.2 Å². The second-order valence-electron chi connectivity index (χ2n) is 4.88. The minimum atomic E-state index is -0.729. The van der Waals surface area contributed by atoms with Gasteiger partial charge in [0.05, 0.1) is 11.7 Å². The Bertz CT molecular complexity index is 560. The molecule has 2 aromatic heterocycles. The molecule has 0 bridgehead atoms. The first-order valence-electron chi connectivity index (χ1n) is 5.86. The first-order valence-corrected chi connectivity index (χ1v) is 6.74. The molecule has 19 heavy (non-hydrogen) atoms. The zero-order chi connectivity index (χ0) is 14.0. The van der Waals surface area contributed by atoms with Crippen LogP contribution in [0.15, 0.2) is 24.0 Å². The number of carbonyl (C=O) groups excluding carboxylic acids is 1. The molecule has 2 rings (SSSR count). The van der Waals surface area contributed by atoms with Gasteiger partial charge < -0.3 is 11.1 Å². The van der Waals surface area contributed by atoms with Crippen LogP contribution in [0.4, 0.5) is 0 Å². The molecular formula is C12H17N5OS. The van der Waals surface area contributed by atoms with Gasteiger partial charge in [0.2, 0.25) is 5.91 Å². The third-order valence-corrected chi connectivity index (χ3v) is 3.87. The fourth-order valence-corrected chi connectivity index (χ4v) is 2.44. The van der Waals surface area contributed by atoms with Gasteiger partial charge in [-0.3, -0.25) is 9.48 Å². The Hall–Kier alpha value is -1.73. The SMILES string of the molecule is Cn1cc(C(N)C(=O)NC(C)(C)c2nccs2)cn1. The van der Waals surface area contributed by atoms with Gasteiger partial charge >= 0.3 is 0 Å². The van der Waals surface area contributed by atoms with Crippen LogP contribution in [0.5, 0.6) is 0 Å². The van der Waals surface area contributed by atoms with Crippen LogP contribution in [0.25, 0.3) is 0 Å². The summed E-state index contributed by atoms with van der Waals surface area (Å²) in [7, 11) is 1.79. The molecule has 2 aromatic rings. The van der Waals surface area contributed by atoms with Gasteiger partial charge in [-0.1, -0.05) is 0 Å². The van der Waals surface area contributed by atoms with Crippen LogP contribution in [0, 0.1) is 0 Å². The molecule has 0 saturated carbocycles. The van der Waals surface area contributed by atoms with Gasteiger partial charge in [-0.2, -0.15) is 5.10 Å². The van der Waals surface area contributed by atoms with E-state index in [0.717, 1.165) is 5.01 Å². The molecule has 102 valence electrons. The Kier molecular flexibility index (Phi) is 3.68. The second-order valence-corrected chi connectivity index (χ2v) is 5.77. The Morgan fingerprint density at radius 2 is 2.32 bits per heavy atom. The molecule has 3 N–H and O–H groups in total. The van der Waals surface area contributed by atoms with Crippen LogP contribution in [0.1, 0.15) is 30.5 Å². The van der Waals surface area contributed by atoms with Crippen LogP contribution in [-0.2, 0) is 17.4 Å². The van der Waals surface area contributed by atoms with Gasteiger partial charge in [-0.15, -0.1) is 11.3 Å². The first kappa shape index (κ1) is 13.7. The lowest BCUT2D eigenvalue weighted by Gasteiger charge is -2.25. The van der Waals surface area contributed by atoms with E-state index >= 15 is 0 Å². The standard InChI is InChI=1S/C12H17N5OS/c1-12(2,11-14-4-5-19-11)16-10(18)9(13)8-6-15-17(3)7-8/h4-7,9H,13H2,1-3H3,(H,16,18). The maximum absolute atomic E-state index is 12.2. The summed E-state index contributed by atoms with van der Waals surface area (Å²) >= 11 is 1.50. The van der Waals surface area contributed by atoms with E-state index < -0.39 is 11.6 Å². The molecule has 0 fully saturated rings. The van der Waals surface area contributed by atoms with Gasteiger partial charge in [0.1, 0.15) is 11.0 Å². The fourth-order valence-electron chi connectivity index (χ4n) is 1.72. The lowest BCUT2D eigenvalue weighted by atomic mass is 10.0. The summed E-state index contributed by atoms with van der Waals surface area (Å²) in [5.41, 5.74) is 6.08. The van der Waals surface area contributed by atoms with Crippen LogP contribution >= 0.6 is 11.3 Å². The Morgan fingerprint density at radius 3 is 2.84 bits per heavy atom. The molecule has 0 aromatic carbocycles. The molecule has 1 atom stereocenters. The van der Waals surface area contributed by atoms with Gasteiger partial charge in [0.25, 0.3) is 0 Å². The van der Waals surface area contributed by atoms with E-state index in [4.69, 9.17) is 5.73 Å². The van der Waals surface area contributed by atoms with Crippen molar-refractivity contribution in [2.75, 3.05) is 0 Å². The van der Waals surface area contributed by atoms with E-state index in [0.29, 0.717) is 5.56 Å². The zero-order valence-corrected chi connectivity index (χ0v) is 11.9. The summed E-state index contributed by atoms with van der Waals surface area (Å²) in [5, 5.41) is 9.65. The van der Waals surface area contributed by atoms with Gasteiger partial charge in [0.15, 0.2) is 0 Å². The smallest absolute Gasteiger partial charge is 0.242 e. The van der Waals surface area contributed by atoms with Crippen molar-refractivity contribution < 1.29 is 4.79 Å². The highest BCUT2D eigenvalue weighted by molar-refractivity contribution is 7.09. The molecule has 7 heteroatoms. The van der Waals surface area contributed by atoms with Gasteiger partial charge in [0, 0.05) is 30.4 Å². The number of hydrogen-bond acceptors (Lipinski definition) is 5. The number of nitrogens with two attached hydrogens (primary N) is 1. The highest BCUT2D eigenvalue weighted by atomic mass is 32.1. The maximum Gasteiger partial charge on any atom is 0.242 e. The summed E-state index contributed by atoms with van der Waals surface area (Å²) < 4.78 is 1.62. The predicted molar refractivity (Wildman–Crippen MR) is 73.4 cm³/mol. The lowest BCUT2D eigenvalue weighted by Crippen LogP contribution is -2.45. The number of amides is 1. The molecule has 0 aliphatic rings. The minimum absolute atomic E-state index is 0.242. The lowest BCUT2D eigenvalue weighted by molar-refractivity contribution is -0.124. The molecule has 2 heterocycles.